The van der Waals surface area contributed by atoms with Crippen molar-refractivity contribution in [2.75, 3.05) is 21.0 Å². The van der Waals surface area contributed by atoms with E-state index in [0.717, 1.165) is 32.1 Å². The molecule has 1 fully saturated rings. The minimum atomic E-state index is -0.716. The summed E-state index contributed by atoms with van der Waals surface area (Å²) in [4.78, 5) is 24.2. The highest BCUT2D eigenvalue weighted by Crippen LogP contribution is 2.31. The fraction of sp³-hybridized carbons (Fsp3) is 0.760. The number of unbranched alkanes of at least 4 members (excludes halogenated alkanes) is 3. The molecule has 0 aromatic carbocycles. The standard InChI is InChI=1S/C25H42O8/c1-7-9-10-11-13-20(30-18-28-5)21(14-12-15-23(26)29-6)31-24(27)17-16-22-19(8-2)32-25(3,4)33-22/h8,12,15,19-22H,2,7,9-11,13-14,16-18H2,1,3-6H3/b15-12+/t19-,20+,21+,22-/m0/s1. The molecule has 190 valence electrons. The first-order chi connectivity index (χ1) is 15.8. The summed E-state index contributed by atoms with van der Waals surface area (Å²) < 4.78 is 33.1. The molecule has 0 spiro atoms. The Balaban J connectivity index is 2.78. The molecule has 8 heteroatoms. The van der Waals surface area contributed by atoms with Crippen molar-refractivity contribution in [1.29, 1.82) is 0 Å². The number of rotatable bonds is 17. The van der Waals surface area contributed by atoms with Gasteiger partial charge in [0.1, 0.15) is 19.0 Å². The molecule has 1 saturated heterocycles. The number of hydrogen-bond donors (Lipinski definition) is 0. The van der Waals surface area contributed by atoms with E-state index in [-0.39, 0.29) is 37.5 Å². The van der Waals surface area contributed by atoms with Crippen LogP contribution in [-0.2, 0) is 38.0 Å². The summed E-state index contributed by atoms with van der Waals surface area (Å²) in [6.07, 6.45) is 9.15. The van der Waals surface area contributed by atoms with Gasteiger partial charge in [-0.2, -0.15) is 0 Å². The molecule has 4 atom stereocenters. The molecule has 0 unspecified atom stereocenters. The topological polar surface area (TPSA) is 89.5 Å². The molecule has 1 aliphatic rings. The van der Waals surface area contributed by atoms with Crippen molar-refractivity contribution >= 4 is 11.9 Å². The molecule has 0 bridgehead atoms. The Labute approximate surface area is 198 Å². The van der Waals surface area contributed by atoms with Gasteiger partial charge in [-0.3, -0.25) is 4.79 Å². The molecule has 0 radical (unpaired) electrons. The van der Waals surface area contributed by atoms with E-state index in [1.807, 2.05) is 13.8 Å². The van der Waals surface area contributed by atoms with Crippen molar-refractivity contribution < 1.29 is 38.0 Å². The Morgan fingerprint density at radius 3 is 2.52 bits per heavy atom. The smallest absolute Gasteiger partial charge is 0.330 e. The largest absolute Gasteiger partial charge is 0.466 e. The van der Waals surface area contributed by atoms with Crippen LogP contribution in [0.1, 0.15) is 72.1 Å². The first kappa shape index (κ1) is 29.3. The Bertz CT molecular complexity index is 616. The van der Waals surface area contributed by atoms with Gasteiger partial charge in [0.15, 0.2) is 5.79 Å². The van der Waals surface area contributed by atoms with Gasteiger partial charge in [-0.25, -0.2) is 4.79 Å². The number of ether oxygens (including phenoxy) is 6. The van der Waals surface area contributed by atoms with E-state index in [1.54, 1.807) is 19.3 Å². The number of carbonyl (C=O) groups is 2. The van der Waals surface area contributed by atoms with Gasteiger partial charge in [0.05, 0.1) is 19.3 Å². The molecule has 0 aromatic rings. The van der Waals surface area contributed by atoms with Crippen molar-refractivity contribution in [3.8, 4) is 0 Å². The van der Waals surface area contributed by atoms with E-state index >= 15 is 0 Å². The van der Waals surface area contributed by atoms with Crippen molar-refractivity contribution in [3.63, 3.8) is 0 Å². The van der Waals surface area contributed by atoms with E-state index < -0.39 is 17.9 Å². The number of esters is 2. The monoisotopic (exact) mass is 470 g/mol. The fourth-order valence-electron chi connectivity index (χ4n) is 3.72. The predicted octanol–water partition coefficient (Wildman–Crippen LogP) is 4.46. The van der Waals surface area contributed by atoms with Crippen molar-refractivity contribution in [2.45, 2.75) is 102 Å². The second-order valence-electron chi connectivity index (χ2n) is 8.56. The summed E-state index contributed by atoms with van der Waals surface area (Å²) in [6.45, 7) is 9.70. The second kappa shape index (κ2) is 16.0. The highest BCUT2D eigenvalue weighted by Gasteiger charge is 2.39. The SMILES string of the molecule is C=C[C@@H]1OC(C)(C)O[C@H]1CCC(=O)O[C@H](C/C=C/C(=O)OC)[C@@H](CCCCCC)OCOC. The Hall–Kier alpha value is -1.74. The highest BCUT2D eigenvalue weighted by molar-refractivity contribution is 5.81. The highest BCUT2D eigenvalue weighted by atomic mass is 16.7. The Morgan fingerprint density at radius 2 is 1.88 bits per heavy atom. The van der Waals surface area contributed by atoms with Gasteiger partial charge in [-0.15, -0.1) is 6.58 Å². The van der Waals surface area contributed by atoms with Crippen LogP contribution in [0.15, 0.2) is 24.8 Å². The van der Waals surface area contributed by atoms with Crippen LogP contribution in [0.25, 0.3) is 0 Å². The quantitative estimate of drug-likeness (QED) is 0.101. The van der Waals surface area contributed by atoms with E-state index in [9.17, 15) is 9.59 Å². The normalized spacial score (nSPS) is 21.6. The first-order valence-electron chi connectivity index (χ1n) is 11.8. The minimum absolute atomic E-state index is 0.0938. The maximum absolute atomic E-state index is 12.7. The van der Waals surface area contributed by atoms with Crippen LogP contribution >= 0.6 is 0 Å². The van der Waals surface area contributed by atoms with Gasteiger partial charge in [-0.1, -0.05) is 44.8 Å². The molecule has 1 heterocycles. The van der Waals surface area contributed by atoms with Crippen molar-refractivity contribution in [2.24, 2.45) is 0 Å². The van der Waals surface area contributed by atoms with Crippen LogP contribution in [0, 0.1) is 0 Å². The van der Waals surface area contributed by atoms with Gasteiger partial charge < -0.3 is 28.4 Å². The summed E-state index contributed by atoms with van der Waals surface area (Å²) in [5.74, 6) is -1.54. The third kappa shape index (κ3) is 11.8. The zero-order valence-corrected chi connectivity index (χ0v) is 20.9. The molecular formula is C25H42O8. The maximum Gasteiger partial charge on any atom is 0.330 e. The molecule has 1 aliphatic heterocycles. The summed E-state index contributed by atoms with van der Waals surface area (Å²) in [5, 5.41) is 0. The summed E-state index contributed by atoms with van der Waals surface area (Å²) in [6, 6.07) is 0. The van der Waals surface area contributed by atoms with Crippen LogP contribution < -0.4 is 0 Å². The van der Waals surface area contributed by atoms with E-state index in [0.29, 0.717) is 12.8 Å². The van der Waals surface area contributed by atoms with Gasteiger partial charge in [0, 0.05) is 26.0 Å². The molecule has 33 heavy (non-hydrogen) atoms. The molecule has 0 amide bonds. The molecule has 0 saturated carbocycles. The molecule has 0 N–H and O–H groups in total. The van der Waals surface area contributed by atoms with E-state index in [1.165, 1.54) is 13.2 Å². The average Bonchev–Trinajstić information content (AvgIpc) is 3.10. The van der Waals surface area contributed by atoms with Gasteiger partial charge in [0.2, 0.25) is 0 Å². The lowest BCUT2D eigenvalue weighted by Gasteiger charge is -2.27. The van der Waals surface area contributed by atoms with E-state index in [4.69, 9.17) is 23.7 Å². The number of methoxy groups -OCH3 is 2. The molecule has 0 aromatic heterocycles. The summed E-state index contributed by atoms with van der Waals surface area (Å²) >= 11 is 0. The molecule has 0 aliphatic carbocycles. The average molecular weight is 471 g/mol. The van der Waals surface area contributed by atoms with Crippen molar-refractivity contribution in [1.82, 2.24) is 0 Å². The third-order valence-corrected chi connectivity index (χ3v) is 5.35. The van der Waals surface area contributed by atoms with Crippen LogP contribution in [0.5, 0.6) is 0 Å². The van der Waals surface area contributed by atoms with Gasteiger partial charge >= 0.3 is 11.9 Å². The summed E-state index contributed by atoms with van der Waals surface area (Å²) in [7, 11) is 2.86. The lowest BCUT2D eigenvalue weighted by Crippen LogP contribution is -2.34. The first-order valence-corrected chi connectivity index (χ1v) is 11.8. The zero-order chi connectivity index (χ0) is 24.7. The Morgan fingerprint density at radius 1 is 1.12 bits per heavy atom. The lowest BCUT2D eigenvalue weighted by atomic mass is 10.0. The zero-order valence-electron chi connectivity index (χ0n) is 20.9. The molecular weight excluding hydrogens is 428 g/mol. The molecule has 1 rings (SSSR count). The van der Waals surface area contributed by atoms with Gasteiger partial charge in [0.25, 0.3) is 0 Å². The Kier molecular flexibility index (Phi) is 14.2. The van der Waals surface area contributed by atoms with Crippen LogP contribution in [0.2, 0.25) is 0 Å². The number of carbonyl (C=O) groups excluding carboxylic acids is 2. The van der Waals surface area contributed by atoms with E-state index in [2.05, 4.69) is 18.2 Å². The van der Waals surface area contributed by atoms with Crippen LogP contribution in [-0.4, -0.2) is 63.2 Å². The minimum Gasteiger partial charge on any atom is -0.466 e. The van der Waals surface area contributed by atoms with Crippen molar-refractivity contribution in [3.05, 3.63) is 24.8 Å². The number of hydrogen-bond acceptors (Lipinski definition) is 8. The second-order valence-corrected chi connectivity index (χ2v) is 8.56. The predicted molar refractivity (Wildman–Crippen MR) is 124 cm³/mol. The van der Waals surface area contributed by atoms with Gasteiger partial charge in [-0.05, 0) is 26.7 Å². The maximum atomic E-state index is 12.7. The molecule has 8 nitrogen and oxygen atoms in total. The lowest BCUT2D eigenvalue weighted by molar-refractivity contribution is -0.167. The summed E-state index contributed by atoms with van der Waals surface area (Å²) in [5.41, 5.74) is 0. The third-order valence-electron chi connectivity index (χ3n) is 5.35. The van der Waals surface area contributed by atoms with Crippen LogP contribution in [0.4, 0.5) is 0 Å². The fourth-order valence-corrected chi connectivity index (χ4v) is 3.72. The van der Waals surface area contributed by atoms with Crippen LogP contribution in [0.3, 0.4) is 0 Å².